The predicted octanol–water partition coefficient (Wildman–Crippen LogP) is 5.44. The first-order valence-corrected chi connectivity index (χ1v) is 6.86. The summed E-state index contributed by atoms with van der Waals surface area (Å²) in [4.78, 5) is 0. The molecule has 0 amide bonds. The maximum atomic E-state index is 6.05. The molecule has 1 unspecified atom stereocenters. The van der Waals surface area contributed by atoms with Gasteiger partial charge in [-0.15, -0.1) is 0 Å². The zero-order valence-corrected chi connectivity index (χ0v) is 12.2. The van der Waals surface area contributed by atoms with Crippen molar-refractivity contribution in [2.75, 3.05) is 6.61 Å². The van der Waals surface area contributed by atoms with Crippen LogP contribution in [0.1, 0.15) is 33.6 Å². The van der Waals surface area contributed by atoms with Crippen LogP contribution in [0.4, 0.5) is 0 Å². The van der Waals surface area contributed by atoms with E-state index in [1.807, 2.05) is 6.07 Å². The molecule has 3 heteroatoms. The molecular weight excluding hydrogens is 255 g/mol. The van der Waals surface area contributed by atoms with Crippen LogP contribution in [-0.2, 0) is 0 Å². The van der Waals surface area contributed by atoms with E-state index in [4.69, 9.17) is 27.9 Å². The van der Waals surface area contributed by atoms with Crippen molar-refractivity contribution in [2.24, 2.45) is 11.8 Å². The average Bonchev–Trinajstić information content (AvgIpc) is 2.25. The van der Waals surface area contributed by atoms with E-state index in [0.29, 0.717) is 21.9 Å². The second-order valence-corrected chi connectivity index (χ2v) is 5.63. The third kappa shape index (κ3) is 5.18. The Morgan fingerprint density at radius 3 is 2.47 bits per heavy atom. The Kier molecular flexibility index (Phi) is 6.15. The van der Waals surface area contributed by atoms with Crippen molar-refractivity contribution in [3.05, 3.63) is 28.2 Å². The number of benzene rings is 1. The van der Waals surface area contributed by atoms with Crippen molar-refractivity contribution in [3.63, 3.8) is 0 Å². The van der Waals surface area contributed by atoms with Gasteiger partial charge in [0.15, 0.2) is 0 Å². The largest absolute Gasteiger partial charge is 0.492 e. The zero-order chi connectivity index (χ0) is 12.8. The Hall–Kier alpha value is -0.400. The predicted molar refractivity (Wildman–Crippen MR) is 75.2 cm³/mol. The third-order valence-corrected chi connectivity index (χ3v) is 3.28. The molecule has 1 rings (SSSR count). The molecule has 0 spiro atoms. The molecule has 0 aliphatic carbocycles. The van der Waals surface area contributed by atoms with E-state index in [-0.39, 0.29) is 0 Å². The molecule has 0 N–H and O–H groups in total. The summed E-state index contributed by atoms with van der Waals surface area (Å²) in [6.45, 7) is 7.38. The highest BCUT2D eigenvalue weighted by atomic mass is 35.5. The lowest BCUT2D eigenvalue weighted by Crippen LogP contribution is -2.13. The minimum atomic E-state index is 0.580. The fourth-order valence-electron chi connectivity index (χ4n) is 1.82. The van der Waals surface area contributed by atoms with Crippen LogP contribution in [0, 0.1) is 11.8 Å². The lowest BCUT2D eigenvalue weighted by atomic mass is 9.96. The van der Waals surface area contributed by atoms with Gasteiger partial charge in [-0.25, -0.2) is 0 Å². The SMILES string of the molecule is CCC(COc1ccc(Cl)cc1Cl)CC(C)C. The fourth-order valence-corrected chi connectivity index (χ4v) is 2.28. The van der Waals surface area contributed by atoms with Crippen molar-refractivity contribution < 1.29 is 4.74 Å². The summed E-state index contributed by atoms with van der Waals surface area (Å²) in [6.07, 6.45) is 2.31. The van der Waals surface area contributed by atoms with E-state index in [0.717, 1.165) is 18.8 Å². The number of hydrogen-bond acceptors (Lipinski definition) is 1. The van der Waals surface area contributed by atoms with E-state index in [2.05, 4.69) is 20.8 Å². The minimum absolute atomic E-state index is 0.580. The molecule has 96 valence electrons. The Balaban J connectivity index is 2.53. The number of hydrogen-bond donors (Lipinski definition) is 0. The molecule has 0 saturated carbocycles. The summed E-state index contributed by atoms with van der Waals surface area (Å²) in [5, 5.41) is 1.22. The molecule has 1 nitrogen and oxygen atoms in total. The van der Waals surface area contributed by atoms with Crippen LogP contribution < -0.4 is 4.74 Å². The Labute approximate surface area is 114 Å². The highest BCUT2D eigenvalue weighted by Gasteiger charge is 2.11. The van der Waals surface area contributed by atoms with E-state index in [1.165, 1.54) is 6.42 Å². The lowest BCUT2D eigenvalue weighted by Gasteiger charge is -2.18. The first kappa shape index (κ1) is 14.7. The summed E-state index contributed by atoms with van der Waals surface area (Å²) in [5.74, 6) is 2.00. The maximum absolute atomic E-state index is 6.05. The molecule has 1 atom stereocenters. The molecule has 1 aromatic carbocycles. The molecule has 0 bridgehead atoms. The summed E-state index contributed by atoms with van der Waals surface area (Å²) in [5.41, 5.74) is 0. The van der Waals surface area contributed by atoms with Gasteiger partial charge in [-0.3, -0.25) is 0 Å². The van der Waals surface area contributed by atoms with E-state index in [1.54, 1.807) is 12.1 Å². The quantitative estimate of drug-likeness (QED) is 0.671. The van der Waals surface area contributed by atoms with Crippen molar-refractivity contribution in [1.82, 2.24) is 0 Å². The van der Waals surface area contributed by atoms with Gasteiger partial charge >= 0.3 is 0 Å². The van der Waals surface area contributed by atoms with Crippen LogP contribution in [0.3, 0.4) is 0 Å². The van der Waals surface area contributed by atoms with Gasteiger partial charge in [0.1, 0.15) is 5.75 Å². The normalized spacial score (nSPS) is 12.8. The zero-order valence-electron chi connectivity index (χ0n) is 10.7. The second kappa shape index (κ2) is 7.13. The van der Waals surface area contributed by atoms with Crippen molar-refractivity contribution >= 4 is 23.2 Å². The highest BCUT2D eigenvalue weighted by Crippen LogP contribution is 2.28. The van der Waals surface area contributed by atoms with Gasteiger partial charge in [-0.05, 0) is 36.5 Å². The van der Waals surface area contributed by atoms with Crippen LogP contribution in [0.5, 0.6) is 5.75 Å². The van der Waals surface area contributed by atoms with Gasteiger partial charge in [-0.2, -0.15) is 0 Å². The second-order valence-electron chi connectivity index (χ2n) is 4.79. The first-order valence-electron chi connectivity index (χ1n) is 6.10. The van der Waals surface area contributed by atoms with Gasteiger partial charge in [0, 0.05) is 5.02 Å². The van der Waals surface area contributed by atoms with Crippen LogP contribution in [0.15, 0.2) is 18.2 Å². The fraction of sp³-hybridized carbons (Fsp3) is 0.571. The van der Waals surface area contributed by atoms with Gasteiger partial charge in [0.25, 0.3) is 0 Å². The standard InChI is InChI=1S/C14H20Cl2O/c1-4-11(7-10(2)3)9-17-14-6-5-12(15)8-13(14)16/h5-6,8,10-11H,4,7,9H2,1-3H3. The number of rotatable bonds is 6. The van der Waals surface area contributed by atoms with Crippen molar-refractivity contribution in [3.8, 4) is 5.75 Å². The average molecular weight is 275 g/mol. The van der Waals surface area contributed by atoms with Crippen LogP contribution >= 0.6 is 23.2 Å². The molecule has 0 saturated heterocycles. The lowest BCUT2D eigenvalue weighted by molar-refractivity contribution is 0.222. The molecular formula is C14H20Cl2O. The third-order valence-electron chi connectivity index (χ3n) is 2.75. The summed E-state index contributed by atoms with van der Waals surface area (Å²) >= 11 is 11.9. The molecule has 0 fully saturated rings. The number of halogens is 2. The Morgan fingerprint density at radius 1 is 1.24 bits per heavy atom. The molecule has 0 heterocycles. The van der Waals surface area contributed by atoms with Crippen molar-refractivity contribution in [2.45, 2.75) is 33.6 Å². The topological polar surface area (TPSA) is 9.23 Å². The molecule has 17 heavy (non-hydrogen) atoms. The van der Waals surface area contributed by atoms with Crippen LogP contribution in [-0.4, -0.2) is 6.61 Å². The van der Waals surface area contributed by atoms with Crippen LogP contribution in [0.25, 0.3) is 0 Å². The molecule has 0 aromatic heterocycles. The summed E-state index contributed by atoms with van der Waals surface area (Å²) < 4.78 is 5.76. The van der Waals surface area contributed by atoms with E-state index < -0.39 is 0 Å². The van der Waals surface area contributed by atoms with Gasteiger partial charge in [0.05, 0.1) is 11.6 Å². The first-order chi connectivity index (χ1) is 8.02. The maximum Gasteiger partial charge on any atom is 0.137 e. The van der Waals surface area contributed by atoms with E-state index in [9.17, 15) is 0 Å². The van der Waals surface area contributed by atoms with Gasteiger partial charge < -0.3 is 4.74 Å². The van der Waals surface area contributed by atoms with Crippen molar-refractivity contribution in [1.29, 1.82) is 0 Å². The summed E-state index contributed by atoms with van der Waals surface area (Å²) in [6, 6.07) is 5.33. The molecule has 1 aromatic rings. The van der Waals surface area contributed by atoms with Gasteiger partial charge in [-0.1, -0.05) is 50.4 Å². The van der Waals surface area contributed by atoms with Crippen LogP contribution in [0.2, 0.25) is 10.0 Å². The highest BCUT2D eigenvalue weighted by molar-refractivity contribution is 6.35. The molecule has 0 aliphatic rings. The van der Waals surface area contributed by atoms with E-state index >= 15 is 0 Å². The monoisotopic (exact) mass is 274 g/mol. The minimum Gasteiger partial charge on any atom is -0.492 e. The summed E-state index contributed by atoms with van der Waals surface area (Å²) in [7, 11) is 0. The Bertz CT molecular complexity index is 350. The smallest absolute Gasteiger partial charge is 0.137 e. The molecule has 0 aliphatic heterocycles. The van der Waals surface area contributed by atoms with Gasteiger partial charge in [0.2, 0.25) is 0 Å². The molecule has 0 radical (unpaired) electrons. The Morgan fingerprint density at radius 2 is 1.94 bits per heavy atom. The number of ether oxygens (including phenoxy) is 1.